The molecule has 0 aliphatic rings. The molecule has 0 aliphatic carbocycles. The topological polar surface area (TPSA) is 59.4 Å². The number of benzene rings is 2. The molecule has 1 aromatic heterocycles. The van der Waals surface area contributed by atoms with Gasteiger partial charge in [0, 0.05) is 19.6 Å². The zero-order valence-corrected chi connectivity index (χ0v) is 16.0. The first-order valence-electron chi connectivity index (χ1n) is 7.96. The van der Waals surface area contributed by atoms with Crippen molar-refractivity contribution in [2.24, 2.45) is 0 Å². The second-order valence-electron chi connectivity index (χ2n) is 6.21. The largest absolute Gasteiger partial charge is 0.308 e. The summed E-state index contributed by atoms with van der Waals surface area (Å²) in [6.07, 6.45) is 0. The molecule has 2 aromatic carbocycles. The van der Waals surface area contributed by atoms with Gasteiger partial charge in [-0.1, -0.05) is 41.7 Å². The van der Waals surface area contributed by atoms with E-state index in [0.717, 1.165) is 22.4 Å². The van der Waals surface area contributed by atoms with Gasteiger partial charge in [-0.3, -0.25) is 9.36 Å². The lowest BCUT2D eigenvalue weighted by Crippen LogP contribution is -2.26. The lowest BCUT2D eigenvalue weighted by molar-refractivity contribution is 0.467. The average Bonchev–Trinajstić information content (AvgIpc) is 2.90. The van der Waals surface area contributed by atoms with Gasteiger partial charge in [0.2, 0.25) is 10.0 Å². The second kappa shape index (κ2) is 6.74. The van der Waals surface area contributed by atoms with Gasteiger partial charge >= 0.3 is 4.87 Å². The molecule has 0 bridgehead atoms. The molecule has 0 aliphatic heterocycles. The third-order valence-electron chi connectivity index (χ3n) is 4.06. The lowest BCUT2D eigenvalue weighted by Gasteiger charge is -2.17. The predicted octanol–water partition coefficient (Wildman–Crippen LogP) is 3.46. The number of sulfonamides is 1. The van der Waals surface area contributed by atoms with Crippen molar-refractivity contribution in [2.75, 3.05) is 7.05 Å². The van der Waals surface area contributed by atoms with Gasteiger partial charge in [-0.25, -0.2) is 8.42 Å². The van der Waals surface area contributed by atoms with Crippen molar-refractivity contribution < 1.29 is 8.42 Å². The molecule has 0 spiro atoms. The van der Waals surface area contributed by atoms with Crippen LogP contribution < -0.4 is 4.87 Å². The standard InChI is InChI=1S/C18H20N2O3S2/c1-13(2)20-16-10-9-15(11-17(16)24-18(20)21)25(22,23)19(3)12-14-7-5-4-6-8-14/h4-11,13H,12H2,1-3H3. The minimum Gasteiger partial charge on any atom is -0.296 e. The van der Waals surface area contributed by atoms with Crippen LogP contribution >= 0.6 is 11.3 Å². The zero-order chi connectivity index (χ0) is 18.2. The molecule has 132 valence electrons. The maximum atomic E-state index is 12.9. The van der Waals surface area contributed by atoms with Crippen LogP contribution in [0.4, 0.5) is 0 Å². The summed E-state index contributed by atoms with van der Waals surface area (Å²) in [6, 6.07) is 14.4. The van der Waals surface area contributed by atoms with Gasteiger partial charge in [0.25, 0.3) is 0 Å². The summed E-state index contributed by atoms with van der Waals surface area (Å²) in [4.78, 5) is 12.3. The van der Waals surface area contributed by atoms with Crippen molar-refractivity contribution in [1.82, 2.24) is 8.87 Å². The molecule has 0 radical (unpaired) electrons. The Hall–Kier alpha value is -1.96. The summed E-state index contributed by atoms with van der Waals surface area (Å²) in [7, 11) is -2.06. The Labute approximate surface area is 151 Å². The van der Waals surface area contributed by atoms with Crippen molar-refractivity contribution >= 4 is 31.6 Å². The van der Waals surface area contributed by atoms with Gasteiger partial charge in [-0.05, 0) is 37.6 Å². The normalized spacial score (nSPS) is 12.4. The molecule has 7 heteroatoms. The first-order chi connectivity index (χ1) is 11.8. The third-order valence-corrected chi connectivity index (χ3v) is 6.78. The smallest absolute Gasteiger partial charge is 0.296 e. The number of hydrogen-bond donors (Lipinski definition) is 0. The van der Waals surface area contributed by atoms with Crippen LogP contribution in [0.2, 0.25) is 0 Å². The molecule has 0 N–H and O–H groups in total. The van der Waals surface area contributed by atoms with Crippen molar-refractivity contribution in [3.05, 3.63) is 63.8 Å². The minimum atomic E-state index is -3.62. The van der Waals surface area contributed by atoms with Crippen molar-refractivity contribution in [1.29, 1.82) is 0 Å². The summed E-state index contributed by atoms with van der Waals surface area (Å²) in [6.45, 7) is 4.17. The molecule has 0 fully saturated rings. The number of rotatable bonds is 5. The Morgan fingerprint density at radius 2 is 1.80 bits per heavy atom. The number of thiazole rings is 1. The Balaban J connectivity index is 1.98. The Morgan fingerprint density at radius 3 is 2.44 bits per heavy atom. The molecule has 0 saturated carbocycles. The number of nitrogens with zero attached hydrogens (tertiary/aromatic N) is 2. The van der Waals surface area contributed by atoms with Crippen molar-refractivity contribution in [3.63, 3.8) is 0 Å². The third kappa shape index (κ3) is 3.40. The molecule has 0 unspecified atom stereocenters. The van der Waals surface area contributed by atoms with E-state index in [9.17, 15) is 13.2 Å². The summed E-state index contributed by atoms with van der Waals surface area (Å²) in [5, 5.41) is 0. The molecular formula is C18H20N2O3S2. The van der Waals surface area contributed by atoms with E-state index >= 15 is 0 Å². The lowest BCUT2D eigenvalue weighted by atomic mass is 10.2. The van der Waals surface area contributed by atoms with Crippen LogP contribution in [0.15, 0.2) is 58.2 Å². The molecule has 0 amide bonds. The maximum Gasteiger partial charge on any atom is 0.308 e. The monoisotopic (exact) mass is 376 g/mol. The first kappa shape index (κ1) is 17.8. The highest BCUT2D eigenvalue weighted by Crippen LogP contribution is 2.25. The molecule has 5 nitrogen and oxygen atoms in total. The van der Waals surface area contributed by atoms with Gasteiger partial charge < -0.3 is 0 Å². The van der Waals surface area contributed by atoms with E-state index in [4.69, 9.17) is 0 Å². The maximum absolute atomic E-state index is 12.9. The molecule has 3 aromatic rings. The first-order valence-corrected chi connectivity index (χ1v) is 10.2. The molecule has 1 heterocycles. The van der Waals surface area contributed by atoms with Crippen molar-refractivity contribution in [2.45, 2.75) is 31.3 Å². The van der Waals surface area contributed by atoms with Crippen LogP contribution in [-0.4, -0.2) is 24.3 Å². The molecule has 25 heavy (non-hydrogen) atoms. The quantitative estimate of drug-likeness (QED) is 0.685. The van der Waals surface area contributed by atoms with E-state index in [1.165, 1.54) is 4.31 Å². The van der Waals surface area contributed by atoms with E-state index in [0.29, 0.717) is 11.2 Å². The van der Waals surface area contributed by atoms with Crippen LogP contribution in [0.3, 0.4) is 0 Å². The van der Waals surface area contributed by atoms with Gasteiger partial charge in [0.1, 0.15) is 0 Å². The van der Waals surface area contributed by atoms with E-state index in [1.807, 2.05) is 44.2 Å². The average molecular weight is 377 g/mol. The summed E-state index contributed by atoms with van der Waals surface area (Å²) < 4.78 is 29.4. The fourth-order valence-corrected chi connectivity index (χ4v) is 5.08. The number of fused-ring (bicyclic) bond motifs is 1. The van der Waals surface area contributed by atoms with Gasteiger partial charge in [-0.2, -0.15) is 4.31 Å². The Morgan fingerprint density at radius 1 is 1.12 bits per heavy atom. The highest BCUT2D eigenvalue weighted by atomic mass is 32.2. The second-order valence-corrected chi connectivity index (χ2v) is 9.25. The minimum absolute atomic E-state index is 0.0319. The SMILES string of the molecule is CC(C)n1c(=O)sc2cc(S(=O)(=O)N(C)Cc3ccccc3)ccc21. The highest BCUT2D eigenvalue weighted by molar-refractivity contribution is 7.89. The summed E-state index contributed by atoms with van der Waals surface area (Å²) in [5.41, 5.74) is 1.69. The fourth-order valence-electron chi connectivity index (χ4n) is 2.77. The molecule has 3 rings (SSSR count). The number of aromatic nitrogens is 1. The van der Waals surface area contributed by atoms with E-state index in [2.05, 4.69) is 0 Å². The summed E-state index contributed by atoms with van der Waals surface area (Å²) >= 11 is 1.08. The fraction of sp³-hybridized carbons (Fsp3) is 0.278. The van der Waals surface area contributed by atoms with Crippen LogP contribution in [0.5, 0.6) is 0 Å². The van der Waals surface area contributed by atoms with E-state index < -0.39 is 10.0 Å². The van der Waals surface area contributed by atoms with Crippen LogP contribution in [0.25, 0.3) is 10.2 Å². The molecule has 0 atom stereocenters. The summed E-state index contributed by atoms with van der Waals surface area (Å²) in [5.74, 6) is 0. The van der Waals surface area contributed by atoms with Gasteiger partial charge in [0.15, 0.2) is 0 Å². The van der Waals surface area contributed by atoms with Crippen LogP contribution in [0.1, 0.15) is 25.5 Å². The Kier molecular flexibility index (Phi) is 4.81. The molecular weight excluding hydrogens is 356 g/mol. The number of hydrogen-bond acceptors (Lipinski definition) is 4. The zero-order valence-electron chi connectivity index (χ0n) is 14.3. The van der Waals surface area contributed by atoms with E-state index in [-0.39, 0.29) is 15.8 Å². The van der Waals surface area contributed by atoms with Crippen LogP contribution in [0, 0.1) is 0 Å². The van der Waals surface area contributed by atoms with Gasteiger partial charge in [0.05, 0.1) is 15.1 Å². The van der Waals surface area contributed by atoms with E-state index in [1.54, 1.807) is 29.8 Å². The predicted molar refractivity (Wildman–Crippen MR) is 102 cm³/mol. The van der Waals surface area contributed by atoms with Crippen LogP contribution in [-0.2, 0) is 16.6 Å². The van der Waals surface area contributed by atoms with Gasteiger partial charge in [-0.15, -0.1) is 0 Å². The highest BCUT2D eigenvalue weighted by Gasteiger charge is 2.22. The Bertz CT molecular complexity index is 1050. The molecule has 0 saturated heterocycles. The van der Waals surface area contributed by atoms with Crippen molar-refractivity contribution in [3.8, 4) is 0 Å².